The van der Waals surface area contributed by atoms with E-state index in [1.807, 2.05) is 13.0 Å². The number of rotatable bonds is 5. The summed E-state index contributed by atoms with van der Waals surface area (Å²) in [6, 6.07) is 0. The molecule has 4 N–H and O–H groups in total. The zero-order valence-corrected chi connectivity index (χ0v) is 25.3. The minimum atomic E-state index is -1.74. The third-order valence-electron chi connectivity index (χ3n) is 7.29. The van der Waals surface area contributed by atoms with Gasteiger partial charge in [-0.05, 0) is 32.4 Å². The Labute approximate surface area is 246 Å². The number of amides is 2. The molecule has 12 heteroatoms. The standard InChI is InChI=1S/C30H42N2O10/c1-16-10-9-11-22(38-5)26(42-29(31)36)18(3)12-17(2)25(40-7)23(39-6)15-30(4,37)27(41-8)20-13-19(33)14-21(24(20)34)32-28(16)35/h9-14,17,22-23,25-27,37H,15H2,1-8H3,(H2,31,36)(H,32,35)/b11-9-,16-10+,18-12+/t17-,22-,23-,25+,26-,27-,30?/m0/s1. The summed E-state index contributed by atoms with van der Waals surface area (Å²) in [4.78, 5) is 50.7. The maximum Gasteiger partial charge on any atom is 0.405 e. The zero-order chi connectivity index (χ0) is 31.8. The Hall–Kier alpha value is -3.42. The molecule has 7 atom stereocenters. The number of allylic oxidation sites excluding steroid dienone is 5. The average Bonchev–Trinajstić information content (AvgIpc) is 2.91. The van der Waals surface area contributed by atoms with Crippen LogP contribution in [0.25, 0.3) is 0 Å². The first-order valence-electron chi connectivity index (χ1n) is 13.4. The van der Waals surface area contributed by atoms with Crippen molar-refractivity contribution in [3.05, 3.63) is 58.9 Å². The average molecular weight is 591 g/mol. The van der Waals surface area contributed by atoms with Gasteiger partial charge in [-0.15, -0.1) is 0 Å². The summed E-state index contributed by atoms with van der Waals surface area (Å²) in [6.45, 7) is 6.58. The van der Waals surface area contributed by atoms with Gasteiger partial charge in [-0.3, -0.25) is 14.4 Å². The molecule has 42 heavy (non-hydrogen) atoms. The van der Waals surface area contributed by atoms with Crippen LogP contribution in [0.15, 0.2) is 58.9 Å². The number of nitrogens with one attached hydrogen (secondary N) is 1. The van der Waals surface area contributed by atoms with Crippen LogP contribution in [0.3, 0.4) is 0 Å². The molecule has 2 amide bonds. The molecule has 12 nitrogen and oxygen atoms in total. The quantitative estimate of drug-likeness (QED) is 0.317. The van der Waals surface area contributed by atoms with Crippen molar-refractivity contribution in [2.75, 3.05) is 28.4 Å². The van der Waals surface area contributed by atoms with Gasteiger partial charge in [-0.2, -0.15) is 0 Å². The van der Waals surface area contributed by atoms with Gasteiger partial charge < -0.3 is 39.8 Å². The number of ether oxygens (including phenoxy) is 5. The van der Waals surface area contributed by atoms with E-state index >= 15 is 0 Å². The highest BCUT2D eigenvalue weighted by Crippen LogP contribution is 2.32. The first-order valence-corrected chi connectivity index (χ1v) is 13.4. The predicted molar refractivity (Wildman–Crippen MR) is 153 cm³/mol. The lowest BCUT2D eigenvalue weighted by Gasteiger charge is -2.38. The van der Waals surface area contributed by atoms with Crippen LogP contribution in [-0.2, 0) is 38.1 Å². The number of fused-ring (bicyclic) bond motifs is 2. The van der Waals surface area contributed by atoms with Crippen molar-refractivity contribution in [2.24, 2.45) is 11.7 Å². The van der Waals surface area contributed by atoms with Crippen molar-refractivity contribution >= 4 is 23.6 Å². The van der Waals surface area contributed by atoms with Gasteiger partial charge in [0.2, 0.25) is 5.78 Å². The lowest BCUT2D eigenvalue weighted by molar-refractivity contribution is -0.132. The molecular weight excluding hydrogens is 548 g/mol. The molecule has 0 spiro atoms. The van der Waals surface area contributed by atoms with Crippen molar-refractivity contribution < 1.29 is 48.0 Å². The van der Waals surface area contributed by atoms with Crippen LogP contribution >= 0.6 is 0 Å². The number of ketones is 2. The summed E-state index contributed by atoms with van der Waals surface area (Å²) in [5, 5.41) is 14.1. The largest absolute Gasteiger partial charge is 0.439 e. The van der Waals surface area contributed by atoms with Gasteiger partial charge in [0, 0.05) is 58.0 Å². The van der Waals surface area contributed by atoms with Crippen molar-refractivity contribution in [2.45, 2.75) is 70.2 Å². The van der Waals surface area contributed by atoms with E-state index in [1.54, 1.807) is 13.0 Å². The fourth-order valence-electron chi connectivity index (χ4n) is 5.24. The number of carbonyl (C=O) groups is 4. The number of Topliss-reactive ketones (excluding diaryl/α,β-unsaturated/α-hetero) is 1. The van der Waals surface area contributed by atoms with Gasteiger partial charge in [0.25, 0.3) is 5.91 Å². The second kappa shape index (κ2) is 15.2. The summed E-state index contributed by atoms with van der Waals surface area (Å²) >= 11 is 0. The molecule has 2 bridgehead atoms. The van der Waals surface area contributed by atoms with E-state index in [9.17, 15) is 24.3 Å². The van der Waals surface area contributed by atoms with Crippen molar-refractivity contribution in [1.29, 1.82) is 0 Å². The summed E-state index contributed by atoms with van der Waals surface area (Å²) < 4.78 is 28.1. The summed E-state index contributed by atoms with van der Waals surface area (Å²) in [6.07, 6.45) is 3.12. The van der Waals surface area contributed by atoms with Crippen LogP contribution in [-0.4, -0.2) is 93.2 Å². The molecule has 0 radical (unpaired) electrons. The monoisotopic (exact) mass is 590 g/mol. The lowest BCUT2D eigenvalue weighted by atomic mass is 9.81. The molecule has 0 aromatic carbocycles. The number of methoxy groups -OCH3 is 4. The molecule has 0 aromatic rings. The van der Waals surface area contributed by atoms with E-state index in [0.29, 0.717) is 5.57 Å². The van der Waals surface area contributed by atoms with Crippen LogP contribution in [0.4, 0.5) is 4.79 Å². The first kappa shape index (κ1) is 34.8. The molecule has 1 aliphatic carbocycles. The number of primary amides is 1. The Balaban J connectivity index is 2.72. The van der Waals surface area contributed by atoms with Gasteiger partial charge >= 0.3 is 6.09 Å². The second-order valence-electron chi connectivity index (χ2n) is 10.6. The number of hydrogen-bond donors (Lipinski definition) is 3. The Morgan fingerprint density at radius 1 is 1.05 bits per heavy atom. The molecule has 2 aliphatic rings. The number of aliphatic hydroxyl groups is 1. The highest BCUT2D eigenvalue weighted by Gasteiger charge is 2.43. The molecule has 0 saturated carbocycles. The highest BCUT2D eigenvalue weighted by atomic mass is 16.6. The van der Waals surface area contributed by atoms with Crippen LogP contribution in [0.1, 0.15) is 34.1 Å². The van der Waals surface area contributed by atoms with Crippen LogP contribution in [0.2, 0.25) is 0 Å². The normalized spacial score (nSPS) is 35.1. The molecule has 2 rings (SSSR count). The van der Waals surface area contributed by atoms with E-state index in [0.717, 1.165) is 12.2 Å². The van der Waals surface area contributed by atoms with E-state index in [-0.39, 0.29) is 29.2 Å². The SMILES string of the molecule is CO[C@H]1[C@@H](OC)CC(C)(O)[C@@H](OC)C2=CC(=O)C=C(NC(=O)/C(C)=C/C=C\[C@H](OC)[C@@H](OC(N)=O)/C(C)=C/[C@@H]1C)C2=O. The number of nitrogens with two attached hydrogens (primary N) is 1. The summed E-state index contributed by atoms with van der Waals surface area (Å²) in [5.41, 5.74) is 4.05. The zero-order valence-electron chi connectivity index (χ0n) is 25.3. The van der Waals surface area contributed by atoms with Gasteiger partial charge in [0.15, 0.2) is 11.9 Å². The van der Waals surface area contributed by atoms with Crippen molar-refractivity contribution in [3.8, 4) is 0 Å². The van der Waals surface area contributed by atoms with Gasteiger partial charge in [0.1, 0.15) is 12.2 Å². The Morgan fingerprint density at radius 3 is 2.26 bits per heavy atom. The van der Waals surface area contributed by atoms with Crippen LogP contribution < -0.4 is 11.1 Å². The number of hydrogen-bond acceptors (Lipinski definition) is 10. The summed E-state index contributed by atoms with van der Waals surface area (Å²) in [5.74, 6) is -2.22. The second-order valence-corrected chi connectivity index (χ2v) is 10.6. The minimum absolute atomic E-state index is 0.0749. The van der Waals surface area contributed by atoms with Gasteiger partial charge in [0.05, 0.1) is 23.5 Å². The molecule has 0 fully saturated rings. The molecule has 1 aliphatic heterocycles. The number of carbonyl (C=O) groups excluding carboxylic acids is 4. The highest BCUT2D eigenvalue weighted by molar-refractivity contribution is 6.22. The smallest absolute Gasteiger partial charge is 0.405 e. The van der Waals surface area contributed by atoms with Crippen LogP contribution in [0, 0.1) is 5.92 Å². The molecule has 0 aromatic heterocycles. The van der Waals surface area contributed by atoms with E-state index in [4.69, 9.17) is 29.4 Å². The van der Waals surface area contributed by atoms with E-state index < -0.39 is 59.7 Å². The maximum absolute atomic E-state index is 13.4. The fraction of sp³-hybridized carbons (Fsp3) is 0.533. The van der Waals surface area contributed by atoms with E-state index in [1.165, 1.54) is 54.4 Å². The fourth-order valence-corrected chi connectivity index (χ4v) is 5.24. The van der Waals surface area contributed by atoms with Gasteiger partial charge in [-0.1, -0.05) is 31.2 Å². The van der Waals surface area contributed by atoms with Crippen molar-refractivity contribution in [3.63, 3.8) is 0 Å². The lowest BCUT2D eigenvalue weighted by Crippen LogP contribution is -2.50. The maximum atomic E-state index is 13.4. The van der Waals surface area contributed by atoms with Crippen molar-refractivity contribution in [1.82, 2.24) is 5.32 Å². The van der Waals surface area contributed by atoms with Crippen LogP contribution in [0.5, 0.6) is 0 Å². The van der Waals surface area contributed by atoms with E-state index in [2.05, 4.69) is 5.32 Å². The summed E-state index contributed by atoms with van der Waals surface area (Å²) in [7, 11) is 5.68. The third-order valence-corrected chi connectivity index (χ3v) is 7.29. The topological polar surface area (TPSA) is 173 Å². The molecule has 232 valence electrons. The third kappa shape index (κ3) is 8.55. The Kier molecular flexibility index (Phi) is 12.6. The first-order chi connectivity index (χ1) is 19.7. The molecule has 1 unspecified atom stereocenters. The molecule has 0 saturated heterocycles. The predicted octanol–water partition coefficient (Wildman–Crippen LogP) is 1.83. The van der Waals surface area contributed by atoms with Gasteiger partial charge in [-0.25, -0.2) is 4.79 Å². The minimum Gasteiger partial charge on any atom is -0.439 e. The Bertz CT molecular complexity index is 1200. The molecule has 1 heterocycles. The Morgan fingerprint density at radius 2 is 1.71 bits per heavy atom. The molecular formula is C30H42N2O10.